The SMILES string of the molecule is COC(=O)c1ccc(C2(NC(=O)c3c(C)nn4c3N(Cc3ccc(C(F)(F)F)cc3)CC4)CC2)cc1. The van der Waals surface area contributed by atoms with Crippen LogP contribution in [0.2, 0.25) is 0 Å². The number of nitrogens with zero attached hydrogens (tertiary/aromatic N) is 3. The van der Waals surface area contributed by atoms with Crippen LogP contribution in [0.4, 0.5) is 19.0 Å². The molecule has 0 radical (unpaired) electrons. The van der Waals surface area contributed by atoms with Crippen molar-refractivity contribution < 1.29 is 27.5 Å². The van der Waals surface area contributed by atoms with E-state index in [-0.39, 0.29) is 5.91 Å². The van der Waals surface area contributed by atoms with Crippen molar-refractivity contribution in [2.24, 2.45) is 0 Å². The second-order valence-electron chi connectivity index (χ2n) is 9.23. The van der Waals surface area contributed by atoms with Crippen LogP contribution in [-0.2, 0) is 29.5 Å². The monoisotopic (exact) mass is 498 g/mol. The minimum absolute atomic E-state index is 0.248. The first-order valence-electron chi connectivity index (χ1n) is 11.6. The van der Waals surface area contributed by atoms with Crippen LogP contribution >= 0.6 is 0 Å². The Morgan fingerprint density at radius 1 is 1.06 bits per heavy atom. The standard InChI is InChI=1S/C26H25F3N4O3/c1-16-21(22(34)30-25(11-12-25)19-9-5-18(6-10-19)24(35)36-2)23-32(13-14-33(23)31-16)15-17-3-7-20(8-4-17)26(27,28)29/h3-10H,11-15H2,1-2H3,(H,30,34). The fourth-order valence-corrected chi connectivity index (χ4v) is 4.74. The zero-order chi connectivity index (χ0) is 25.7. The number of halogens is 3. The maximum atomic E-state index is 13.5. The normalized spacial score (nSPS) is 16.0. The lowest BCUT2D eigenvalue weighted by Gasteiger charge is -2.22. The van der Waals surface area contributed by atoms with E-state index < -0.39 is 23.2 Å². The molecule has 10 heteroatoms. The Balaban J connectivity index is 1.35. The smallest absolute Gasteiger partial charge is 0.416 e. The molecule has 1 amide bonds. The predicted molar refractivity (Wildman–Crippen MR) is 126 cm³/mol. The van der Waals surface area contributed by atoms with Crippen LogP contribution in [0.25, 0.3) is 0 Å². The van der Waals surface area contributed by atoms with Crippen molar-refractivity contribution in [2.45, 2.75) is 44.6 Å². The average molecular weight is 499 g/mol. The molecule has 0 saturated heterocycles. The summed E-state index contributed by atoms with van der Waals surface area (Å²) in [5.74, 6) is -0.000932. The first-order chi connectivity index (χ1) is 17.1. The molecule has 2 aromatic carbocycles. The van der Waals surface area contributed by atoms with E-state index in [1.807, 2.05) is 17.0 Å². The minimum atomic E-state index is -4.38. The van der Waals surface area contributed by atoms with Gasteiger partial charge in [-0.1, -0.05) is 24.3 Å². The summed E-state index contributed by atoms with van der Waals surface area (Å²) in [4.78, 5) is 27.2. The molecule has 0 unspecified atom stereocenters. The Morgan fingerprint density at radius 3 is 2.31 bits per heavy atom. The van der Waals surface area contributed by atoms with Crippen molar-refractivity contribution in [2.75, 3.05) is 18.6 Å². The number of carbonyl (C=O) groups is 2. The van der Waals surface area contributed by atoms with E-state index in [1.54, 1.807) is 23.7 Å². The van der Waals surface area contributed by atoms with Crippen molar-refractivity contribution in [3.05, 3.63) is 82.0 Å². The van der Waals surface area contributed by atoms with E-state index in [0.717, 1.165) is 30.5 Å². The average Bonchev–Trinajstić information content (AvgIpc) is 3.42. The van der Waals surface area contributed by atoms with E-state index in [1.165, 1.54) is 19.2 Å². The quantitative estimate of drug-likeness (QED) is 0.509. The molecule has 1 aromatic heterocycles. The number of carbonyl (C=O) groups excluding carboxylic acids is 2. The number of anilines is 1. The summed E-state index contributed by atoms with van der Waals surface area (Å²) in [6.45, 7) is 3.33. The number of fused-ring (bicyclic) bond motifs is 1. The number of alkyl halides is 3. The molecule has 0 atom stereocenters. The molecule has 2 aliphatic rings. The Bertz CT molecular complexity index is 1310. The number of aromatic nitrogens is 2. The van der Waals surface area contributed by atoms with Crippen molar-refractivity contribution in [1.82, 2.24) is 15.1 Å². The van der Waals surface area contributed by atoms with Gasteiger partial charge in [-0.15, -0.1) is 0 Å². The van der Waals surface area contributed by atoms with Gasteiger partial charge in [-0.3, -0.25) is 4.79 Å². The Labute approximate surface area is 205 Å². The van der Waals surface area contributed by atoms with Gasteiger partial charge < -0.3 is 15.0 Å². The molecule has 1 saturated carbocycles. The first kappa shape index (κ1) is 23.9. The van der Waals surface area contributed by atoms with Crippen LogP contribution in [0.5, 0.6) is 0 Å². The van der Waals surface area contributed by atoms with E-state index in [0.29, 0.717) is 47.8 Å². The molecule has 1 fully saturated rings. The number of amides is 1. The van der Waals surface area contributed by atoms with Crippen molar-refractivity contribution in [3.8, 4) is 0 Å². The maximum Gasteiger partial charge on any atom is 0.416 e. The second kappa shape index (κ2) is 8.69. The van der Waals surface area contributed by atoms with E-state index >= 15 is 0 Å². The van der Waals surface area contributed by atoms with Crippen LogP contribution in [0.3, 0.4) is 0 Å². The lowest BCUT2D eigenvalue weighted by Crippen LogP contribution is -2.36. The molecule has 1 aliphatic carbocycles. The van der Waals surface area contributed by atoms with Gasteiger partial charge in [0.25, 0.3) is 5.91 Å². The summed E-state index contributed by atoms with van der Waals surface area (Å²) in [5, 5.41) is 7.70. The molecule has 5 rings (SSSR count). The molecule has 1 N–H and O–H groups in total. The number of nitrogens with one attached hydrogen (secondary N) is 1. The first-order valence-corrected chi connectivity index (χ1v) is 11.6. The molecule has 3 aromatic rings. The summed E-state index contributed by atoms with van der Waals surface area (Å²) in [6.07, 6.45) is -2.84. The zero-order valence-corrected chi connectivity index (χ0v) is 19.9. The van der Waals surface area contributed by atoms with Gasteiger partial charge in [-0.2, -0.15) is 18.3 Å². The molecule has 1 aliphatic heterocycles. The summed E-state index contributed by atoms with van der Waals surface area (Å²) < 4.78 is 45.3. The Kier molecular flexibility index (Phi) is 5.77. The van der Waals surface area contributed by atoms with Gasteiger partial charge in [-0.05, 0) is 55.2 Å². The highest BCUT2D eigenvalue weighted by atomic mass is 19.4. The third kappa shape index (κ3) is 4.31. The van der Waals surface area contributed by atoms with Gasteiger partial charge in [0.2, 0.25) is 0 Å². The zero-order valence-electron chi connectivity index (χ0n) is 19.9. The van der Waals surface area contributed by atoms with Crippen LogP contribution in [-0.4, -0.2) is 35.3 Å². The lowest BCUT2D eigenvalue weighted by molar-refractivity contribution is -0.137. The number of benzene rings is 2. The summed E-state index contributed by atoms with van der Waals surface area (Å²) >= 11 is 0. The largest absolute Gasteiger partial charge is 0.465 e. The molecule has 188 valence electrons. The molecular formula is C26H25F3N4O3. The minimum Gasteiger partial charge on any atom is -0.465 e. The Hall–Kier alpha value is -3.82. The van der Waals surface area contributed by atoms with Crippen molar-refractivity contribution in [3.63, 3.8) is 0 Å². The highest BCUT2D eigenvalue weighted by Crippen LogP contribution is 2.46. The van der Waals surface area contributed by atoms with Crippen LogP contribution in [0.15, 0.2) is 48.5 Å². The van der Waals surface area contributed by atoms with E-state index in [2.05, 4.69) is 10.4 Å². The molecular weight excluding hydrogens is 473 g/mol. The molecule has 2 heterocycles. The fourth-order valence-electron chi connectivity index (χ4n) is 4.74. The van der Waals surface area contributed by atoms with E-state index in [4.69, 9.17) is 4.74 Å². The number of rotatable bonds is 6. The third-order valence-corrected chi connectivity index (χ3v) is 6.83. The number of esters is 1. The van der Waals surface area contributed by atoms with Crippen molar-refractivity contribution in [1.29, 1.82) is 0 Å². The van der Waals surface area contributed by atoms with Gasteiger partial charge in [0.15, 0.2) is 0 Å². The van der Waals surface area contributed by atoms with Gasteiger partial charge in [0.1, 0.15) is 11.4 Å². The highest BCUT2D eigenvalue weighted by molar-refractivity contribution is 6.01. The predicted octanol–water partition coefficient (Wildman–Crippen LogP) is 4.44. The summed E-state index contributed by atoms with van der Waals surface area (Å²) in [5.41, 5.74) is 1.92. The molecule has 36 heavy (non-hydrogen) atoms. The van der Waals surface area contributed by atoms with Crippen LogP contribution in [0, 0.1) is 6.92 Å². The fraction of sp³-hybridized carbons (Fsp3) is 0.346. The summed E-state index contributed by atoms with van der Waals surface area (Å²) in [6, 6.07) is 12.1. The maximum absolute atomic E-state index is 13.5. The van der Waals surface area contributed by atoms with Gasteiger partial charge in [0.05, 0.1) is 36.0 Å². The number of ether oxygens (including phenoxy) is 1. The summed E-state index contributed by atoms with van der Waals surface area (Å²) in [7, 11) is 1.33. The van der Waals surface area contributed by atoms with Crippen LogP contribution in [0.1, 0.15) is 55.9 Å². The highest BCUT2D eigenvalue weighted by Gasteiger charge is 2.47. The number of hydrogen-bond acceptors (Lipinski definition) is 5. The Morgan fingerprint density at radius 2 is 1.72 bits per heavy atom. The molecule has 0 spiro atoms. The number of hydrogen-bond donors (Lipinski definition) is 1. The number of aryl methyl sites for hydroxylation is 1. The lowest BCUT2D eigenvalue weighted by atomic mass is 10.0. The third-order valence-electron chi connectivity index (χ3n) is 6.83. The second-order valence-corrected chi connectivity index (χ2v) is 9.23. The topological polar surface area (TPSA) is 76.5 Å². The van der Waals surface area contributed by atoms with Gasteiger partial charge in [-0.25, -0.2) is 9.48 Å². The van der Waals surface area contributed by atoms with Crippen molar-refractivity contribution >= 4 is 17.7 Å². The molecule has 0 bridgehead atoms. The van der Waals surface area contributed by atoms with Gasteiger partial charge in [0, 0.05) is 13.1 Å². The van der Waals surface area contributed by atoms with Crippen LogP contribution < -0.4 is 10.2 Å². The van der Waals surface area contributed by atoms with E-state index in [9.17, 15) is 22.8 Å². The van der Waals surface area contributed by atoms with Gasteiger partial charge >= 0.3 is 12.1 Å². The molecule has 7 nitrogen and oxygen atoms in total. The number of methoxy groups -OCH3 is 1.